The molecule has 0 radical (unpaired) electrons. The number of carboxylic acid groups (broad SMARTS) is 1. The van der Waals surface area contributed by atoms with E-state index in [-0.39, 0.29) is 136 Å². The summed E-state index contributed by atoms with van der Waals surface area (Å²) in [4.78, 5) is 141. The predicted molar refractivity (Wildman–Crippen MR) is 342 cm³/mol. The second-order valence-electron chi connectivity index (χ2n) is 25.9. The van der Waals surface area contributed by atoms with Gasteiger partial charge >= 0.3 is 12.0 Å². The number of nitrogens with two attached hydrogens (primary N) is 1. The zero-order valence-electron chi connectivity index (χ0n) is 54.9. The topological polar surface area (TPSA) is 324 Å². The Morgan fingerprint density at radius 2 is 1.57 bits per heavy atom. The number of methoxy groups -OCH3 is 2. The number of carbonyl (C=O) groups excluding carboxylic acids is 9. The molecular weight excluding hydrogens is 1170 g/mol. The van der Waals surface area contributed by atoms with Crippen LogP contribution in [-0.2, 0) is 63.8 Å². The number of aliphatic carboxylic acids is 1. The third-order valence-electron chi connectivity index (χ3n) is 18.7. The van der Waals surface area contributed by atoms with E-state index in [1.807, 2.05) is 43.2 Å². The van der Waals surface area contributed by atoms with Crippen LogP contribution in [0.3, 0.4) is 0 Å². The molecule has 3 fully saturated rings. The molecule has 14 atom stereocenters. The lowest BCUT2D eigenvalue weighted by molar-refractivity contribution is -0.149. The first-order valence-electron chi connectivity index (χ1n) is 32.4. The zero-order valence-corrected chi connectivity index (χ0v) is 55.7. The van der Waals surface area contributed by atoms with Gasteiger partial charge in [0.05, 0.1) is 66.9 Å². The highest BCUT2D eigenvalue weighted by molar-refractivity contribution is 7.09. The lowest BCUT2D eigenvalue weighted by atomic mass is 9.83. The molecule has 1 aromatic carbocycles. The molecule has 2 aromatic rings. The molecule has 2 unspecified atom stereocenters. The van der Waals surface area contributed by atoms with E-state index in [1.165, 1.54) is 18.3 Å². The minimum atomic E-state index is -1.08. The van der Waals surface area contributed by atoms with E-state index in [4.69, 9.17) is 25.1 Å². The molecule has 1 saturated carbocycles. The molecule has 8 N–H and O–H groups in total. The van der Waals surface area contributed by atoms with Crippen molar-refractivity contribution in [1.82, 2.24) is 36.1 Å². The van der Waals surface area contributed by atoms with Crippen molar-refractivity contribution in [2.75, 3.05) is 59.4 Å². The normalized spacial score (nSPS) is 20.4. The summed E-state index contributed by atoms with van der Waals surface area (Å²) in [5.41, 5.74) is 6.63. The third kappa shape index (κ3) is 22.0. The molecule has 90 heavy (non-hydrogen) atoms. The number of primary amides is 1. The number of ketones is 3. The second-order valence-corrected chi connectivity index (χ2v) is 26.8. The molecule has 2 aliphatic heterocycles. The number of anilines is 1. The van der Waals surface area contributed by atoms with E-state index < -0.39 is 77.7 Å². The van der Waals surface area contributed by atoms with Gasteiger partial charge in [0, 0.05) is 120 Å². The fourth-order valence-corrected chi connectivity index (χ4v) is 14.0. The van der Waals surface area contributed by atoms with Crippen molar-refractivity contribution in [2.24, 2.45) is 53.1 Å². The number of likely N-dealkylation sites (N-methyl/N-ethyl adjacent to an activating group) is 1. The largest absolute Gasteiger partial charge is 0.481 e. The molecule has 7 amide bonds. The van der Waals surface area contributed by atoms with Gasteiger partial charge in [-0.1, -0.05) is 73.9 Å². The second kappa shape index (κ2) is 36.7. The summed E-state index contributed by atoms with van der Waals surface area (Å²) in [5, 5.41) is 26.0. The van der Waals surface area contributed by atoms with Crippen LogP contribution in [0.15, 0.2) is 35.8 Å². The summed E-state index contributed by atoms with van der Waals surface area (Å²) in [6.07, 6.45) is 6.51. The summed E-state index contributed by atoms with van der Waals surface area (Å²) in [7, 11) is 4.93. The van der Waals surface area contributed by atoms with E-state index in [0.29, 0.717) is 43.5 Å². The average Bonchev–Trinajstić information content (AvgIpc) is 2.59. The number of Topliss-reactive ketones (excluding diaryl/α,β-unsaturated/α-hetero) is 3. The molecule has 1 aromatic heterocycles. The number of amides is 7. The van der Waals surface area contributed by atoms with E-state index in [0.717, 1.165) is 42.7 Å². The van der Waals surface area contributed by atoms with E-state index in [1.54, 1.807) is 58.3 Å². The van der Waals surface area contributed by atoms with Crippen LogP contribution in [0.25, 0.3) is 0 Å². The molecule has 3 aliphatic rings. The van der Waals surface area contributed by atoms with Crippen LogP contribution >= 0.6 is 11.3 Å². The molecule has 1 aliphatic carbocycles. The Balaban J connectivity index is 1.20. The number of urea groups is 1. The van der Waals surface area contributed by atoms with Gasteiger partial charge in [-0.05, 0) is 92.7 Å². The highest BCUT2D eigenvalue weighted by Crippen LogP contribution is 2.38. The first-order valence-corrected chi connectivity index (χ1v) is 33.3. The lowest BCUT2D eigenvalue weighted by Crippen LogP contribution is -2.54. The van der Waals surface area contributed by atoms with Crippen LogP contribution < -0.4 is 32.3 Å². The van der Waals surface area contributed by atoms with Gasteiger partial charge in [-0.15, -0.1) is 11.3 Å². The molecule has 502 valence electrons. The van der Waals surface area contributed by atoms with Crippen molar-refractivity contribution < 1.29 is 67.3 Å². The van der Waals surface area contributed by atoms with Gasteiger partial charge in [-0.2, -0.15) is 0 Å². The lowest BCUT2D eigenvalue weighted by Gasteiger charge is -2.41. The Labute approximate surface area is 535 Å². The minimum absolute atomic E-state index is 0.000979. The van der Waals surface area contributed by atoms with Crippen LogP contribution in [0.4, 0.5) is 10.5 Å². The quantitative estimate of drug-likeness (QED) is 0.0351. The summed E-state index contributed by atoms with van der Waals surface area (Å²) in [5.74, 6) is -6.19. The predicted octanol–water partition coefficient (Wildman–Crippen LogP) is 6.46. The summed E-state index contributed by atoms with van der Waals surface area (Å²) < 4.78 is 17.8. The summed E-state index contributed by atoms with van der Waals surface area (Å²) >= 11 is 1.45. The highest BCUT2D eigenvalue weighted by Gasteiger charge is 2.46. The molecule has 5 rings (SSSR count). The van der Waals surface area contributed by atoms with Crippen LogP contribution in [0.1, 0.15) is 162 Å². The number of carboxylic acids is 1. The van der Waals surface area contributed by atoms with Crippen LogP contribution in [0, 0.1) is 47.3 Å². The number of hydrogen-bond acceptors (Lipinski definition) is 16. The maximum absolute atomic E-state index is 14.6. The van der Waals surface area contributed by atoms with Gasteiger partial charge in [-0.25, -0.2) is 9.78 Å². The number of likely N-dealkylation sites (tertiary alicyclic amines) is 1. The van der Waals surface area contributed by atoms with Crippen LogP contribution in [0.2, 0.25) is 0 Å². The van der Waals surface area contributed by atoms with Gasteiger partial charge in [0.15, 0.2) is 11.6 Å². The number of ether oxygens (including phenoxy) is 3. The third-order valence-corrected chi connectivity index (χ3v) is 19.6. The Morgan fingerprint density at radius 3 is 2.16 bits per heavy atom. The Morgan fingerprint density at radius 1 is 0.844 bits per heavy atom. The van der Waals surface area contributed by atoms with Crippen LogP contribution in [-0.4, -0.2) is 175 Å². The van der Waals surface area contributed by atoms with Gasteiger partial charge in [0.2, 0.25) is 29.5 Å². The molecule has 2 bridgehead atoms. The average molecular weight is 1280 g/mol. The van der Waals surface area contributed by atoms with Crippen LogP contribution in [0.5, 0.6) is 0 Å². The molecule has 3 heterocycles. The van der Waals surface area contributed by atoms with Crippen molar-refractivity contribution >= 4 is 75.9 Å². The molecule has 24 heteroatoms. The number of rotatable bonds is 41. The standard InChI is InChI=1S/C66H103N9O14S/c1-12-40(6)60(74(9)64(83)49(38(2)3)36-53(78)59-44-19-22-48(33-44)71-59)54(87-10)37-57(81)75-27-14-16-50(75)61(88-11)42(8)51(76)35-46(63-69-26-30-90-63)32-43-17-20-47(21-18-43)72-62(82)45(15-13-24-70-66(67)86)34-52(77)58(39(4)5)73-55(79)23-28-89-29-25-68-56(80)31-41(7)65(84)85/h17-18,20-21,26,30,38-42,44-46,48-50,54,58-61,71H,12-16,19,22-25,27-29,31-37H2,1-11H3,(H,68,80)(H,72,82)(H,73,79)(H,84,85)(H3,67,70,86)/t40-,41?,42-,44-,45+,46+,48-,49-,50-,54+,58?,59-,60-,61+/m0/s1. The number of carbonyl (C=O) groups is 10. The van der Waals surface area contributed by atoms with Gasteiger partial charge in [0.25, 0.3) is 0 Å². The molecule has 23 nitrogen and oxygen atoms in total. The maximum atomic E-state index is 14.6. The number of nitrogens with one attached hydrogen (secondary N) is 5. The summed E-state index contributed by atoms with van der Waals surface area (Å²) in [6, 6.07) is 4.92. The number of fused-ring (bicyclic) bond motifs is 2. The number of aromatic nitrogens is 1. The number of nitrogens with zero attached hydrogens (tertiary/aromatic N) is 3. The summed E-state index contributed by atoms with van der Waals surface area (Å²) in [6.45, 7) is 15.8. The maximum Gasteiger partial charge on any atom is 0.312 e. The highest BCUT2D eigenvalue weighted by atomic mass is 32.1. The van der Waals surface area contributed by atoms with Crippen molar-refractivity contribution in [3.05, 3.63) is 46.4 Å². The van der Waals surface area contributed by atoms with Gasteiger partial charge in [-0.3, -0.25) is 43.2 Å². The van der Waals surface area contributed by atoms with Crippen molar-refractivity contribution in [1.29, 1.82) is 0 Å². The number of hydrogen-bond donors (Lipinski definition) is 7. The number of piperidine rings is 1. The Bertz CT molecular complexity index is 2700. The number of thiazole rings is 1. The zero-order chi connectivity index (χ0) is 66.4. The monoisotopic (exact) mass is 1280 g/mol. The van der Waals surface area contributed by atoms with Gasteiger partial charge < -0.3 is 61.4 Å². The first-order chi connectivity index (χ1) is 42.8. The first kappa shape index (κ1) is 74.5. The fourth-order valence-electron chi connectivity index (χ4n) is 13.2. The van der Waals surface area contributed by atoms with E-state index in [2.05, 4.69) is 45.4 Å². The number of benzene rings is 1. The van der Waals surface area contributed by atoms with Gasteiger partial charge in [0.1, 0.15) is 5.78 Å². The van der Waals surface area contributed by atoms with Crippen molar-refractivity contribution in [2.45, 2.75) is 200 Å². The Hall–Kier alpha value is -6.21. The van der Waals surface area contributed by atoms with E-state index >= 15 is 0 Å². The molecule has 2 saturated heterocycles. The molecule has 0 spiro atoms. The van der Waals surface area contributed by atoms with Crippen molar-refractivity contribution in [3.63, 3.8) is 0 Å². The fraction of sp³-hybridized carbons (Fsp3) is 0.712. The van der Waals surface area contributed by atoms with E-state index in [9.17, 15) is 47.9 Å². The smallest absolute Gasteiger partial charge is 0.312 e. The Kier molecular flexibility index (Phi) is 30.4. The molecular formula is C66H103N9O14S. The SMILES string of the molecule is CC[C@H](C)[C@@H]([C@@H](CC(=O)N1CCC[C@H]1[C@H](OC)[C@@H](C)C(=O)C[C@@H](Cc1ccc(NC(=O)[C@H](CCCNC(N)=O)CC(=O)C(NC(=O)CCOCCNC(=O)CC(C)C(=O)O)C(C)C)cc1)c1nccs1)OC)N(C)C(=O)[C@@H](CC(=O)[C@H]1N[C@H]2CC[C@H]1C2)C(C)C. The van der Waals surface area contributed by atoms with Crippen molar-refractivity contribution in [3.8, 4) is 0 Å². The minimum Gasteiger partial charge on any atom is -0.481 e.